The van der Waals surface area contributed by atoms with Gasteiger partial charge in [0, 0.05) is 12.2 Å². The van der Waals surface area contributed by atoms with E-state index in [-0.39, 0.29) is 0 Å². The molecule has 0 amide bonds. The van der Waals surface area contributed by atoms with Crippen molar-refractivity contribution in [1.29, 1.82) is 0 Å². The molecule has 0 atom stereocenters. The van der Waals surface area contributed by atoms with E-state index in [4.69, 9.17) is 0 Å². The molecule has 2 rings (SSSR count). The molecule has 0 bridgehead atoms. The van der Waals surface area contributed by atoms with E-state index < -0.39 is 5.97 Å². The molecule has 110 valence electrons. The molecule has 2 N–H and O–H groups in total. The number of nitrogens with one attached hydrogen (secondary N) is 1. The van der Waals surface area contributed by atoms with Crippen molar-refractivity contribution in [2.24, 2.45) is 5.92 Å². The van der Waals surface area contributed by atoms with Crippen molar-refractivity contribution >= 4 is 11.7 Å². The summed E-state index contributed by atoms with van der Waals surface area (Å²) >= 11 is 0. The Morgan fingerprint density at radius 3 is 2.75 bits per heavy atom. The van der Waals surface area contributed by atoms with Crippen molar-refractivity contribution in [3.63, 3.8) is 0 Å². The lowest BCUT2D eigenvalue weighted by molar-refractivity contribution is 0.0698. The van der Waals surface area contributed by atoms with Crippen molar-refractivity contribution in [1.82, 2.24) is 4.90 Å². The third kappa shape index (κ3) is 3.97. The molecule has 20 heavy (non-hydrogen) atoms. The van der Waals surface area contributed by atoms with Gasteiger partial charge in [-0.3, -0.25) is 0 Å². The maximum atomic E-state index is 11.2. The molecule has 1 saturated heterocycles. The van der Waals surface area contributed by atoms with E-state index in [1.165, 1.54) is 25.9 Å². The fourth-order valence-corrected chi connectivity index (χ4v) is 2.75. The molecule has 0 radical (unpaired) electrons. The molecule has 1 aromatic carbocycles. The average Bonchev–Trinajstić information content (AvgIpc) is 2.41. The summed E-state index contributed by atoms with van der Waals surface area (Å²) in [6, 6.07) is 5.43. The lowest BCUT2D eigenvalue weighted by Crippen LogP contribution is -2.30. The topological polar surface area (TPSA) is 52.6 Å². The van der Waals surface area contributed by atoms with E-state index >= 15 is 0 Å². The summed E-state index contributed by atoms with van der Waals surface area (Å²) in [6.45, 7) is 5.18. The van der Waals surface area contributed by atoms with E-state index in [2.05, 4.69) is 17.3 Å². The van der Waals surface area contributed by atoms with Gasteiger partial charge in [-0.25, -0.2) is 4.79 Å². The van der Waals surface area contributed by atoms with Crippen LogP contribution in [0.5, 0.6) is 0 Å². The summed E-state index contributed by atoms with van der Waals surface area (Å²) in [5, 5.41) is 12.5. The number of carboxylic acid groups (broad SMARTS) is 1. The van der Waals surface area contributed by atoms with Crippen LogP contribution in [0.25, 0.3) is 0 Å². The SMILES string of the molecule is Cc1ccc(C(=O)O)c(NCCC2CCN(C)CC2)c1. The smallest absolute Gasteiger partial charge is 0.337 e. The molecule has 1 aliphatic heterocycles. The molecule has 0 saturated carbocycles. The number of benzene rings is 1. The van der Waals surface area contributed by atoms with Crippen LogP contribution in [0.15, 0.2) is 18.2 Å². The molecule has 0 aliphatic carbocycles. The Labute approximate surface area is 120 Å². The van der Waals surface area contributed by atoms with Crippen LogP contribution >= 0.6 is 0 Å². The van der Waals surface area contributed by atoms with Gasteiger partial charge in [0.15, 0.2) is 0 Å². The van der Waals surface area contributed by atoms with Gasteiger partial charge in [-0.1, -0.05) is 6.07 Å². The maximum absolute atomic E-state index is 11.2. The second-order valence-electron chi connectivity index (χ2n) is 5.82. The zero-order valence-electron chi connectivity index (χ0n) is 12.4. The van der Waals surface area contributed by atoms with E-state index in [0.29, 0.717) is 5.56 Å². The van der Waals surface area contributed by atoms with Gasteiger partial charge in [-0.2, -0.15) is 0 Å². The standard InChI is InChI=1S/C16H24N2O2/c1-12-3-4-14(16(19)20)15(11-12)17-8-5-13-6-9-18(2)10-7-13/h3-4,11,13,17H,5-10H2,1-2H3,(H,19,20). The second-order valence-corrected chi connectivity index (χ2v) is 5.82. The number of likely N-dealkylation sites (tertiary alicyclic amines) is 1. The highest BCUT2D eigenvalue weighted by molar-refractivity contribution is 5.94. The minimum atomic E-state index is -0.869. The molecule has 1 fully saturated rings. The summed E-state index contributed by atoms with van der Waals surface area (Å²) in [4.78, 5) is 13.6. The van der Waals surface area contributed by atoms with Gasteiger partial charge in [-0.05, 0) is 69.9 Å². The number of hydrogen-bond acceptors (Lipinski definition) is 3. The van der Waals surface area contributed by atoms with Crippen LogP contribution < -0.4 is 5.32 Å². The van der Waals surface area contributed by atoms with Gasteiger partial charge in [0.25, 0.3) is 0 Å². The second kappa shape index (κ2) is 6.75. The molecule has 1 heterocycles. The predicted octanol–water partition coefficient (Wildman–Crippen LogP) is 2.84. The zero-order valence-corrected chi connectivity index (χ0v) is 12.4. The van der Waals surface area contributed by atoms with Crippen LogP contribution in [-0.4, -0.2) is 42.7 Å². The Bertz CT molecular complexity index is 466. The minimum absolute atomic E-state index is 0.360. The van der Waals surface area contributed by atoms with Gasteiger partial charge >= 0.3 is 5.97 Å². The summed E-state index contributed by atoms with van der Waals surface area (Å²) in [7, 11) is 2.17. The average molecular weight is 276 g/mol. The van der Waals surface area contributed by atoms with Gasteiger partial charge in [0.1, 0.15) is 0 Å². The summed E-state index contributed by atoms with van der Waals surface area (Å²) < 4.78 is 0. The van der Waals surface area contributed by atoms with Gasteiger partial charge < -0.3 is 15.3 Å². The number of rotatable bonds is 5. The van der Waals surface area contributed by atoms with Gasteiger partial charge in [-0.15, -0.1) is 0 Å². The number of hydrogen-bond donors (Lipinski definition) is 2. The Morgan fingerprint density at radius 1 is 1.40 bits per heavy atom. The molecule has 4 heteroatoms. The fourth-order valence-electron chi connectivity index (χ4n) is 2.75. The summed E-state index contributed by atoms with van der Waals surface area (Å²) in [5.41, 5.74) is 2.18. The number of aryl methyl sites for hydroxylation is 1. The van der Waals surface area contributed by atoms with Crippen molar-refractivity contribution in [3.8, 4) is 0 Å². The van der Waals surface area contributed by atoms with E-state index in [1.54, 1.807) is 6.07 Å². The van der Waals surface area contributed by atoms with Crippen molar-refractivity contribution in [2.75, 3.05) is 32.0 Å². The molecule has 1 aromatic rings. The van der Waals surface area contributed by atoms with Crippen LogP contribution in [0, 0.1) is 12.8 Å². The Hall–Kier alpha value is -1.55. The number of piperidine rings is 1. The Kier molecular flexibility index (Phi) is 5.01. The largest absolute Gasteiger partial charge is 0.478 e. The summed E-state index contributed by atoms with van der Waals surface area (Å²) in [5.74, 6) is -0.108. The highest BCUT2D eigenvalue weighted by Gasteiger charge is 2.16. The monoisotopic (exact) mass is 276 g/mol. The third-order valence-electron chi connectivity index (χ3n) is 4.11. The zero-order chi connectivity index (χ0) is 14.5. The van der Waals surface area contributed by atoms with Gasteiger partial charge in [0.05, 0.1) is 5.56 Å². The number of carboxylic acids is 1. The normalized spacial score (nSPS) is 17.1. The predicted molar refractivity (Wildman–Crippen MR) is 81.5 cm³/mol. The minimum Gasteiger partial charge on any atom is -0.478 e. The van der Waals surface area contributed by atoms with Crippen molar-refractivity contribution in [3.05, 3.63) is 29.3 Å². The Balaban J connectivity index is 1.87. The lowest BCUT2D eigenvalue weighted by atomic mass is 9.94. The van der Waals surface area contributed by atoms with Crippen LogP contribution in [-0.2, 0) is 0 Å². The first kappa shape index (κ1) is 14.9. The molecule has 0 aromatic heterocycles. The first-order valence-electron chi connectivity index (χ1n) is 7.32. The van der Waals surface area contributed by atoms with Crippen molar-refractivity contribution in [2.45, 2.75) is 26.2 Å². The third-order valence-corrected chi connectivity index (χ3v) is 4.11. The van der Waals surface area contributed by atoms with Crippen molar-refractivity contribution < 1.29 is 9.90 Å². The van der Waals surface area contributed by atoms with E-state index in [0.717, 1.165) is 30.1 Å². The molecule has 1 aliphatic rings. The number of carbonyl (C=O) groups is 1. The number of aromatic carboxylic acids is 1. The molecule has 4 nitrogen and oxygen atoms in total. The van der Waals surface area contributed by atoms with Crippen LogP contribution in [0.4, 0.5) is 5.69 Å². The molecular formula is C16H24N2O2. The number of anilines is 1. The fraction of sp³-hybridized carbons (Fsp3) is 0.562. The molecule has 0 spiro atoms. The van der Waals surface area contributed by atoms with Crippen LogP contribution in [0.2, 0.25) is 0 Å². The maximum Gasteiger partial charge on any atom is 0.337 e. The molecular weight excluding hydrogens is 252 g/mol. The van der Waals surface area contributed by atoms with Crippen LogP contribution in [0.1, 0.15) is 35.2 Å². The summed E-state index contributed by atoms with van der Waals surface area (Å²) in [6.07, 6.45) is 3.61. The Morgan fingerprint density at radius 2 is 2.10 bits per heavy atom. The van der Waals surface area contributed by atoms with E-state index in [1.807, 2.05) is 19.1 Å². The number of nitrogens with zero attached hydrogens (tertiary/aromatic N) is 1. The highest BCUT2D eigenvalue weighted by Crippen LogP contribution is 2.21. The van der Waals surface area contributed by atoms with Crippen LogP contribution in [0.3, 0.4) is 0 Å². The first-order chi connectivity index (χ1) is 9.56. The highest BCUT2D eigenvalue weighted by atomic mass is 16.4. The lowest BCUT2D eigenvalue weighted by Gasteiger charge is -2.29. The molecule has 0 unspecified atom stereocenters. The van der Waals surface area contributed by atoms with E-state index in [9.17, 15) is 9.90 Å². The first-order valence-corrected chi connectivity index (χ1v) is 7.32. The van der Waals surface area contributed by atoms with Gasteiger partial charge in [0.2, 0.25) is 0 Å². The quantitative estimate of drug-likeness (QED) is 0.868.